The predicted octanol–water partition coefficient (Wildman–Crippen LogP) is 5.16. The molecule has 23 heavy (non-hydrogen) atoms. The van der Waals surface area contributed by atoms with Gasteiger partial charge in [0.2, 0.25) is 0 Å². The maximum absolute atomic E-state index is 12.3. The lowest BCUT2D eigenvalue weighted by Gasteiger charge is -2.10. The van der Waals surface area contributed by atoms with Crippen LogP contribution in [0.1, 0.15) is 16.7 Å². The average molecular weight is 345 g/mol. The van der Waals surface area contributed by atoms with E-state index in [0.717, 1.165) is 11.1 Å². The first-order chi connectivity index (χ1) is 10.9. The van der Waals surface area contributed by atoms with Crippen molar-refractivity contribution < 1.29 is 4.79 Å². The minimum atomic E-state index is -0.489. The maximum atomic E-state index is 12.3. The Bertz CT molecular complexity index is 835. The number of rotatable bonds is 3. The highest BCUT2D eigenvalue weighted by atomic mass is 35.5. The lowest BCUT2D eigenvalue weighted by atomic mass is 10.1. The zero-order valence-corrected chi connectivity index (χ0v) is 14.2. The average Bonchev–Trinajstić information content (AvgIpc) is 2.53. The molecule has 0 atom stereocenters. The van der Waals surface area contributed by atoms with Gasteiger partial charge in [0.1, 0.15) is 11.6 Å². The van der Waals surface area contributed by atoms with Crippen LogP contribution in [-0.4, -0.2) is 5.91 Å². The third kappa shape index (κ3) is 3.92. The highest BCUT2D eigenvalue weighted by Crippen LogP contribution is 2.27. The zero-order chi connectivity index (χ0) is 17.0. The van der Waals surface area contributed by atoms with Crippen molar-refractivity contribution in [3.63, 3.8) is 0 Å². The summed E-state index contributed by atoms with van der Waals surface area (Å²) in [6.07, 6.45) is 1.43. The fourth-order valence-corrected chi connectivity index (χ4v) is 2.37. The van der Waals surface area contributed by atoms with Gasteiger partial charge in [0.25, 0.3) is 5.91 Å². The molecule has 0 fully saturated rings. The molecule has 0 unspecified atom stereocenters. The number of carbonyl (C=O) groups is 1. The highest BCUT2D eigenvalue weighted by Gasteiger charge is 2.13. The molecule has 0 aliphatic heterocycles. The van der Waals surface area contributed by atoms with Crippen molar-refractivity contribution >= 4 is 40.9 Å². The van der Waals surface area contributed by atoms with Gasteiger partial charge in [-0.2, -0.15) is 5.26 Å². The third-order valence-electron chi connectivity index (χ3n) is 3.50. The van der Waals surface area contributed by atoms with Crippen LogP contribution in [0.15, 0.2) is 42.0 Å². The Morgan fingerprint density at radius 1 is 1.17 bits per heavy atom. The summed E-state index contributed by atoms with van der Waals surface area (Å²) in [4.78, 5) is 12.3. The van der Waals surface area contributed by atoms with Crippen molar-refractivity contribution in [2.75, 3.05) is 5.32 Å². The summed E-state index contributed by atoms with van der Waals surface area (Å²) < 4.78 is 0. The van der Waals surface area contributed by atoms with Crippen molar-refractivity contribution in [2.45, 2.75) is 13.8 Å². The molecule has 0 saturated heterocycles. The van der Waals surface area contributed by atoms with Crippen molar-refractivity contribution in [1.29, 1.82) is 5.26 Å². The molecule has 0 saturated carbocycles. The molecule has 0 radical (unpaired) electrons. The molecule has 2 rings (SSSR count). The van der Waals surface area contributed by atoms with Gasteiger partial charge in [0.15, 0.2) is 0 Å². The quantitative estimate of drug-likeness (QED) is 0.617. The van der Waals surface area contributed by atoms with Gasteiger partial charge in [-0.25, -0.2) is 0 Å². The fourth-order valence-electron chi connectivity index (χ4n) is 2.01. The van der Waals surface area contributed by atoms with Gasteiger partial charge in [-0.15, -0.1) is 0 Å². The molecule has 0 heterocycles. The third-order valence-corrected chi connectivity index (χ3v) is 4.33. The van der Waals surface area contributed by atoms with E-state index in [1.807, 2.05) is 32.0 Å². The first kappa shape index (κ1) is 17.1. The second-order valence-electron chi connectivity index (χ2n) is 5.01. The van der Waals surface area contributed by atoms with Gasteiger partial charge in [-0.3, -0.25) is 4.79 Å². The summed E-state index contributed by atoms with van der Waals surface area (Å²) in [6.45, 7) is 3.87. The Hall–Kier alpha value is -2.28. The molecule has 0 aliphatic rings. The van der Waals surface area contributed by atoms with Gasteiger partial charge >= 0.3 is 0 Å². The lowest BCUT2D eigenvalue weighted by Crippen LogP contribution is -2.14. The Kier molecular flexibility index (Phi) is 5.44. The number of hydrogen-bond acceptors (Lipinski definition) is 2. The van der Waals surface area contributed by atoms with Crippen LogP contribution in [0.3, 0.4) is 0 Å². The SMILES string of the molecule is Cc1cccc(NC(=O)/C(C#N)=C/c2cccc(Cl)c2Cl)c1C. The molecular weight excluding hydrogens is 331 g/mol. The molecule has 1 N–H and O–H groups in total. The van der Waals surface area contributed by atoms with Crippen molar-refractivity contribution in [2.24, 2.45) is 0 Å². The van der Waals surface area contributed by atoms with E-state index in [1.54, 1.807) is 24.3 Å². The summed E-state index contributed by atoms with van der Waals surface area (Å²) in [5.41, 5.74) is 3.16. The molecule has 0 aromatic heterocycles. The van der Waals surface area contributed by atoms with E-state index in [0.29, 0.717) is 21.3 Å². The van der Waals surface area contributed by atoms with E-state index in [1.165, 1.54) is 6.08 Å². The number of halogens is 2. The van der Waals surface area contributed by atoms with E-state index < -0.39 is 5.91 Å². The largest absolute Gasteiger partial charge is 0.321 e. The van der Waals surface area contributed by atoms with Gasteiger partial charge < -0.3 is 5.32 Å². The monoisotopic (exact) mass is 344 g/mol. The summed E-state index contributed by atoms with van der Waals surface area (Å²) in [5, 5.41) is 12.7. The van der Waals surface area contributed by atoms with E-state index in [4.69, 9.17) is 23.2 Å². The molecule has 3 nitrogen and oxygen atoms in total. The van der Waals surface area contributed by atoms with Crippen LogP contribution in [0.2, 0.25) is 10.0 Å². The molecule has 2 aromatic carbocycles. The summed E-state index contributed by atoms with van der Waals surface area (Å²) in [7, 11) is 0. The topological polar surface area (TPSA) is 52.9 Å². The summed E-state index contributed by atoms with van der Waals surface area (Å²) in [6, 6.07) is 12.5. The summed E-state index contributed by atoms with van der Waals surface area (Å²) >= 11 is 12.0. The van der Waals surface area contributed by atoms with Crippen molar-refractivity contribution in [1.82, 2.24) is 0 Å². The fraction of sp³-hybridized carbons (Fsp3) is 0.111. The molecule has 1 amide bonds. The number of anilines is 1. The lowest BCUT2D eigenvalue weighted by molar-refractivity contribution is -0.112. The number of carbonyl (C=O) groups excluding carboxylic acids is 1. The standard InChI is InChI=1S/C18H14Cl2N2O/c1-11-5-3-8-16(12(11)2)22-18(23)14(10-21)9-13-6-4-7-15(19)17(13)20/h3-9H,1-2H3,(H,22,23)/b14-9+. The number of nitriles is 1. The second kappa shape index (κ2) is 7.32. The van der Waals surface area contributed by atoms with Gasteiger partial charge in [-0.05, 0) is 48.7 Å². The maximum Gasteiger partial charge on any atom is 0.266 e. The van der Waals surface area contributed by atoms with Crippen LogP contribution in [0, 0.1) is 25.2 Å². The molecular formula is C18H14Cl2N2O. The molecule has 0 bridgehead atoms. The number of amides is 1. The van der Waals surface area contributed by atoms with Crippen molar-refractivity contribution in [3.05, 3.63) is 68.7 Å². The molecule has 2 aromatic rings. The van der Waals surface area contributed by atoms with E-state index in [9.17, 15) is 10.1 Å². The number of hydrogen-bond donors (Lipinski definition) is 1. The number of nitrogens with one attached hydrogen (secondary N) is 1. The Morgan fingerprint density at radius 3 is 2.57 bits per heavy atom. The Labute approximate surface area is 145 Å². The van der Waals surface area contributed by atoms with Crippen LogP contribution in [-0.2, 0) is 4.79 Å². The highest BCUT2D eigenvalue weighted by molar-refractivity contribution is 6.43. The van der Waals surface area contributed by atoms with E-state index >= 15 is 0 Å². The first-order valence-corrected chi connectivity index (χ1v) is 7.63. The van der Waals surface area contributed by atoms with Crippen molar-refractivity contribution in [3.8, 4) is 6.07 Å². The van der Waals surface area contributed by atoms with Gasteiger partial charge in [0, 0.05) is 5.69 Å². The normalized spacial score (nSPS) is 11.0. The smallest absolute Gasteiger partial charge is 0.266 e. The Morgan fingerprint density at radius 2 is 1.87 bits per heavy atom. The molecule has 5 heteroatoms. The van der Waals surface area contributed by atoms with Crippen LogP contribution in [0.5, 0.6) is 0 Å². The second-order valence-corrected chi connectivity index (χ2v) is 5.80. The summed E-state index contributed by atoms with van der Waals surface area (Å²) in [5.74, 6) is -0.489. The number of nitrogens with zero attached hydrogens (tertiary/aromatic N) is 1. The van der Waals surface area contributed by atoms with Crippen LogP contribution in [0.4, 0.5) is 5.69 Å². The predicted molar refractivity (Wildman–Crippen MR) is 94.6 cm³/mol. The molecule has 0 spiro atoms. The van der Waals surface area contributed by atoms with E-state index in [-0.39, 0.29) is 5.57 Å². The van der Waals surface area contributed by atoms with Crippen LogP contribution < -0.4 is 5.32 Å². The minimum absolute atomic E-state index is 0.0462. The number of aryl methyl sites for hydroxylation is 1. The van der Waals surface area contributed by atoms with E-state index in [2.05, 4.69) is 5.32 Å². The first-order valence-electron chi connectivity index (χ1n) is 6.87. The van der Waals surface area contributed by atoms with Gasteiger partial charge in [-0.1, -0.05) is 47.5 Å². The van der Waals surface area contributed by atoms with Crippen LogP contribution in [0.25, 0.3) is 6.08 Å². The zero-order valence-electron chi connectivity index (χ0n) is 12.7. The van der Waals surface area contributed by atoms with Gasteiger partial charge in [0.05, 0.1) is 10.0 Å². The number of benzene rings is 2. The molecule has 116 valence electrons. The minimum Gasteiger partial charge on any atom is -0.321 e. The Balaban J connectivity index is 2.32. The molecule has 0 aliphatic carbocycles. The van der Waals surface area contributed by atoms with Crippen LogP contribution >= 0.6 is 23.2 Å².